The molecule has 0 aliphatic carbocycles. The van der Waals surface area contributed by atoms with E-state index in [1.54, 1.807) is 7.05 Å². The Morgan fingerprint density at radius 1 is 1.47 bits per heavy atom. The first-order chi connectivity index (χ1) is 9.04. The van der Waals surface area contributed by atoms with Gasteiger partial charge in [0.25, 0.3) is 0 Å². The number of hydrogen-bond acceptors (Lipinski definition) is 3. The Morgan fingerprint density at radius 2 is 2.21 bits per heavy atom. The van der Waals surface area contributed by atoms with Gasteiger partial charge in [0.15, 0.2) is 0 Å². The van der Waals surface area contributed by atoms with E-state index in [-0.39, 0.29) is 11.9 Å². The molecule has 0 bridgehead atoms. The van der Waals surface area contributed by atoms with Crippen LogP contribution in [0.2, 0.25) is 0 Å². The van der Waals surface area contributed by atoms with Crippen LogP contribution in [0.3, 0.4) is 0 Å². The van der Waals surface area contributed by atoms with E-state index in [1.165, 1.54) is 0 Å². The molecule has 4 nitrogen and oxygen atoms in total. The molecule has 2 rings (SSSR count). The zero-order valence-electron chi connectivity index (χ0n) is 11.4. The van der Waals surface area contributed by atoms with Crippen molar-refractivity contribution in [1.29, 1.82) is 0 Å². The number of nitrogens with zero attached hydrogens (tertiary/aromatic N) is 1. The minimum atomic E-state index is -0.0851. The third kappa shape index (κ3) is 2.86. The Labute approximate surface area is 122 Å². The van der Waals surface area contributed by atoms with E-state index in [9.17, 15) is 4.79 Å². The lowest BCUT2D eigenvalue weighted by molar-refractivity contribution is -0.122. The molecular weight excluding hydrogens is 306 g/mol. The van der Waals surface area contributed by atoms with Crippen LogP contribution in [-0.4, -0.2) is 25.5 Å². The number of nitrogens with two attached hydrogens (primary N) is 1. The van der Waals surface area contributed by atoms with Crippen molar-refractivity contribution in [3.05, 3.63) is 22.2 Å². The molecule has 1 aromatic carbocycles. The van der Waals surface area contributed by atoms with Crippen LogP contribution in [-0.2, 0) is 4.79 Å². The van der Waals surface area contributed by atoms with Crippen molar-refractivity contribution in [1.82, 2.24) is 5.32 Å². The van der Waals surface area contributed by atoms with Crippen molar-refractivity contribution >= 4 is 33.2 Å². The number of piperidine rings is 1. The summed E-state index contributed by atoms with van der Waals surface area (Å²) in [6.07, 6.45) is 3.11. The first-order valence-corrected chi connectivity index (χ1v) is 7.37. The summed E-state index contributed by atoms with van der Waals surface area (Å²) in [4.78, 5) is 14.2. The van der Waals surface area contributed by atoms with E-state index in [4.69, 9.17) is 5.73 Å². The summed E-state index contributed by atoms with van der Waals surface area (Å²) in [5, 5.41) is 2.76. The van der Waals surface area contributed by atoms with E-state index in [0.717, 1.165) is 47.2 Å². The van der Waals surface area contributed by atoms with Gasteiger partial charge in [-0.05, 0) is 59.8 Å². The number of aryl methyl sites for hydroxylation is 1. The molecule has 0 spiro atoms. The average molecular weight is 326 g/mol. The molecule has 1 amide bonds. The largest absolute Gasteiger partial charge is 0.398 e. The van der Waals surface area contributed by atoms with E-state index in [2.05, 4.69) is 32.2 Å². The number of halogens is 1. The van der Waals surface area contributed by atoms with Crippen LogP contribution in [0.1, 0.15) is 24.8 Å². The summed E-state index contributed by atoms with van der Waals surface area (Å²) in [7, 11) is 1.69. The molecule has 0 radical (unpaired) electrons. The highest BCUT2D eigenvalue weighted by atomic mass is 79.9. The normalized spacial score (nSPS) is 19.3. The molecule has 3 N–H and O–H groups in total. The summed E-state index contributed by atoms with van der Waals surface area (Å²) >= 11 is 3.56. The van der Waals surface area contributed by atoms with Gasteiger partial charge < -0.3 is 16.0 Å². The Balaban J connectivity index is 2.37. The van der Waals surface area contributed by atoms with Crippen LogP contribution in [0, 0.1) is 6.92 Å². The zero-order chi connectivity index (χ0) is 14.0. The third-order valence-electron chi connectivity index (χ3n) is 3.70. The van der Waals surface area contributed by atoms with Crippen LogP contribution in [0.25, 0.3) is 0 Å². The summed E-state index contributed by atoms with van der Waals surface area (Å²) in [5.41, 5.74) is 8.78. The fourth-order valence-electron chi connectivity index (χ4n) is 2.56. The molecule has 0 aromatic heterocycles. The number of benzene rings is 1. The lowest BCUT2D eigenvalue weighted by Crippen LogP contribution is -2.49. The van der Waals surface area contributed by atoms with Gasteiger partial charge in [-0.1, -0.05) is 0 Å². The fraction of sp³-hybridized carbons (Fsp3) is 0.500. The van der Waals surface area contributed by atoms with Crippen LogP contribution in [0.5, 0.6) is 0 Å². The van der Waals surface area contributed by atoms with Gasteiger partial charge in [-0.2, -0.15) is 0 Å². The predicted octanol–water partition coefficient (Wildman–Crippen LogP) is 2.44. The van der Waals surface area contributed by atoms with Gasteiger partial charge in [-0.25, -0.2) is 0 Å². The van der Waals surface area contributed by atoms with E-state index in [1.807, 2.05) is 13.0 Å². The van der Waals surface area contributed by atoms with E-state index < -0.39 is 0 Å². The van der Waals surface area contributed by atoms with Crippen LogP contribution in [0.15, 0.2) is 16.6 Å². The van der Waals surface area contributed by atoms with Crippen molar-refractivity contribution in [2.75, 3.05) is 24.2 Å². The zero-order valence-corrected chi connectivity index (χ0v) is 13.0. The second-order valence-electron chi connectivity index (χ2n) is 4.98. The molecule has 1 heterocycles. The Bertz CT molecular complexity index is 490. The van der Waals surface area contributed by atoms with Gasteiger partial charge in [-0.3, -0.25) is 4.79 Å². The molecule has 1 aliphatic heterocycles. The summed E-state index contributed by atoms with van der Waals surface area (Å²) in [6, 6.07) is 3.89. The molecule has 0 saturated carbocycles. The number of hydrogen-bond donors (Lipinski definition) is 2. The lowest BCUT2D eigenvalue weighted by Gasteiger charge is -2.37. The highest BCUT2D eigenvalue weighted by molar-refractivity contribution is 9.10. The number of likely N-dealkylation sites (N-methyl/N-ethyl adjacent to an activating group) is 1. The van der Waals surface area contributed by atoms with Crippen molar-refractivity contribution in [2.24, 2.45) is 0 Å². The van der Waals surface area contributed by atoms with E-state index in [0.29, 0.717) is 0 Å². The topological polar surface area (TPSA) is 58.4 Å². The van der Waals surface area contributed by atoms with Crippen LogP contribution < -0.4 is 16.0 Å². The third-order valence-corrected chi connectivity index (χ3v) is 4.33. The summed E-state index contributed by atoms with van der Waals surface area (Å²) < 4.78 is 0.950. The lowest BCUT2D eigenvalue weighted by atomic mass is 10.00. The molecule has 1 atom stereocenters. The Hall–Kier alpha value is -1.23. The maximum atomic E-state index is 12.0. The molecule has 1 aliphatic rings. The minimum absolute atomic E-state index is 0.0843. The monoisotopic (exact) mass is 325 g/mol. The first kappa shape index (κ1) is 14.2. The summed E-state index contributed by atoms with van der Waals surface area (Å²) in [6.45, 7) is 2.89. The number of nitrogens with one attached hydrogen (secondary N) is 1. The molecule has 19 heavy (non-hydrogen) atoms. The molecule has 1 fully saturated rings. The number of anilines is 2. The van der Waals surface area contributed by atoms with Gasteiger partial charge in [0.2, 0.25) is 5.91 Å². The number of carbonyl (C=O) groups excluding carboxylic acids is 1. The average Bonchev–Trinajstić information content (AvgIpc) is 2.42. The number of amides is 1. The number of rotatable bonds is 2. The Morgan fingerprint density at radius 3 is 2.89 bits per heavy atom. The van der Waals surface area contributed by atoms with Gasteiger partial charge in [0.05, 0.1) is 5.69 Å². The highest BCUT2D eigenvalue weighted by Crippen LogP contribution is 2.34. The highest BCUT2D eigenvalue weighted by Gasteiger charge is 2.29. The molecule has 1 aromatic rings. The van der Waals surface area contributed by atoms with Crippen LogP contribution in [0.4, 0.5) is 11.4 Å². The van der Waals surface area contributed by atoms with Crippen LogP contribution >= 0.6 is 15.9 Å². The SMILES string of the molecule is CNC(=O)C1CCCCN1c1cc(C)c(N)cc1Br. The molecular formula is C14H20BrN3O. The first-order valence-electron chi connectivity index (χ1n) is 6.58. The standard InChI is InChI=1S/C14H20BrN3O/c1-9-7-13(10(15)8-11(9)16)18-6-4-3-5-12(18)14(19)17-2/h7-8,12H,3-6,16H2,1-2H3,(H,17,19). The second kappa shape index (κ2) is 5.82. The van der Waals surface area contributed by atoms with Gasteiger partial charge in [0.1, 0.15) is 6.04 Å². The molecule has 5 heteroatoms. The van der Waals surface area contributed by atoms with Crippen molar-refractivity contribution in [3.8, 4) is 0 Å². The van der Waals surface area contributed by atoms with Gasteiger partial charge >= 0.3 is 0 Å². The van der Waals surface area contributed by atoms with E-state index >= 15 is 0 Å². The predicted molar refractivity (Wildman–Crippen MR) is 82.3 cm³/mol. The van der Waals surface area contributed by atoms with Crippen molar-refractivity contribution in [3.63, 3.8) is 0 Å². The molecule has 1 unspecified atom stereocenters. The van der Waals surface area contributed by atoms with Gasteiger partial charge in [-0.15, -0.1) is 0 Å². The maximum absolute atomic E-state index is 12.0. The minimum Gasteiger partial charge on any atom is -0.398 e. The smallest absolute Gasteiger partial charge is 0.242 e. The molecule has 104 valence electrons. The summed E-state index contributed by atoms with van der Waals surface area (Å²) in [5.74, 6) is 0.0843. The molecule has 1 saturated heterocycles. The number of nitrogen functional groups attached to an aromatic ring is 1. The second-order valence-corrected chi connectivity index (χ2v) is 5.83. The van der Waals surface area contributed by atoms with Crippen molar-refractivity contribution in [2.45, 2.75) is 32.2 Å². The Kier molecular flexibility index (Phi) is 4.34. The fourth-order valence-corrected chi connectivity index (χ4v) is 3.15. The quantitative estimate of drug-likeness (QED) is 0.821. The van der Waals surface area contributed by atoms with Gasteiger partial charge in [0, 0.05) is 23.8 Å². The number of carbonyl (C=O) groups is 1. The maximum Gasteiger partial charge on any atom is 0.242 e. The van der Waals surface area contributed by atoms with Crippen molar-refractivity contribution < 1.29 is 4.79 Å².